The summed E-state index contributed by atoms with van der Waals surface area (Å²) < 4.78 is 30.3. The molecule has 14 heavy (non-hydrogen) atoms. The number of amides is 1. The lowest BCUT2D eigenvalue weighted by Crippen LogP contribution is -2.20. The maximum Gasteiger partial charge on any atom is 0.255 e. The van der Waals surface area contributed by atoms with Crippen LogP contribution in [0.5, 0.6) is 5.75 Å². The highest BCUT2D eigenvalue weighted by molar-refractivity contribution is 5.75. The number of carbonyl (C=O) groups is 1. The molecule has 1 aromatic carbocycles. The van der Waals surface area contributed by atoms with E-state index in [1.165, 1.54) is 0 Å². The topological polar surface area (TPSA) is 78.3 Å². The molecule has 0 aromatic heterocycles. The molecule has 1 amide bonds. The molecule has 6 heteroatoms. The molecule has 0 aliphatic heterocycles. The van der Waals surface area contributed by atoms with Gasteiger partial charge >= 0.3 is 0 Å². The van der Waals surface area contributed by atoms with Gasteiger partial charge in [-0.05, 0) is 0 Å². The summed E-state index contributed by atoms with van der Waals surface area (Å²) in [4.78, 5) is 10.3. The summed E-state index contributed by atoms with van der Waals surface area (Å²) in [5.41, 5.74) is 9.51. The van der Waals surface area contributed by atoms with Gasteiger partial charge in [-0.1, -0.05) is 0 Å². The van der Waals surface area contributed by atoms with E-state index in [1.54, 1.807) is 0 Å². The summed E-state index contributed by atoms with van der Waals surface area (Å²) in [7, 11) is 0. The van der Waals surface area contributed by atoms with Crippen LogP contribution in [0.2, 0.25) is 0 Å². The number of anilines is 1. The Morgan fingerprint density at radius 3 is 2.57 bits per heavy atom. The standard InChI is InChI=1S/C8H8F2N2O2/c9-4-2-7(14-3-8(12)13)5(10)1-6(4)11/h1-2H,3,11H2,(H2,12,13). The van der Waals surface area contributed by atoms with Crippen LogP contribution in [-0.2, 0) is 4.79 Å². The first-order valence-electron chi connectivity index (χ1n) is 3.66. The zero-order valence-corrected chi connectivity index (χ0v) is 7.09. The number of nitrogen functional groups attached to an aromatic ring is 1. The fraction of sp³-hybridized carbons (Fsp3) is 0.125. The predicted molar refractivity (Wildman–Crippen MR) is 45.5 cm³/mol. The summed E-state index contributed by atoms with van der Waals surface area (Å²) in [6, 6.07) is 1.53. The molecule has 0 aliphatic carbocycles. The van der Waals surface area contributed by atoms with Crippen LogP contribution in [0.15, 0.2) is 12.1 Å². The monoisotopic (exact) mass is 202 g/mol. The van der Waals surface area contributed by atoms with E-state index in [-0.39, 0.29) is 5.69 Å². The molecule has 1 rings (SSSR count). The fourth-order valence-electron chi connectivity index (χ4n) is 0.803. The lowest BCUT2D eigenvalue weighted by atomic mass is 10.3. The molecular weight excluding hydrogens is 194 g/mol. The van der Waals surface area contributed by atoms with Gasteiger partial charge in [-0.3, -0.25) is 4.79 Å². The van der Waals surface area contributed by atoms with Gasteiger partial charge < -0.3 is 16.2 Å². The SMILES string of the molecule is NC(=O)COc1cc(F)c(N)cc1F. The quantitative estimate of drug-likeness (QED) is 0.697. The van der Waals surface area contributed by atoms with Crippen molar-refractivity contribution in [3.05, 3.63) is 23.8 Å². The average molecular weight is 202 g/mol. The number of hydrogen-bond acceptors (Lipinski definition) is 3. The Bertz CT molecular complexity index is 369. The van der Waals surface area contributed by atoms with Crippen LogP contribution in [0, 0.1) is 11.6 Å². The second-order valence-corrected chi connectivity index (χ2v) is 2.56. The van der Waals surface area contributed by atoms with Gasteiger partial charge in [0, 0.05) is 12.1 Å². The highest BCUT2D eigenvalue weighted by Crippen LogP contribution is 2.22. The van der Waals surface area contributed by atoms with Crippen LogP contribution < -0.4 is 16.2 Å². The van der Waals surface area contributed by atoms with Crippen molar-refractivity contribution >= 4 is 11.6 Å². The normalized spacial score (nSPS) is 9.86. The molecule has 0 saturated carbocycles. The minimum atomic E-state index is -0.842. The third-order valence-electron chi connectivity index (χ3n) is 1.42. The van der Waals surface area contributed by atoms with E-state index in [9.17, 15) is 13.6 Å². The smallest absolute Gasteiger partial charge is 0.255 e. The Balaban J connectivity index is 2.87. The van der Waals surface area contributed by atoms with Gasteiger partial charge in [0.1, 0.15) is 5.82 Å². The van der Waals surface area contributed by atoms with Gasteiger partial charge in [-0.2, -0.15) is 0 Å². The maximum atomic E-state index is 13.0. The van der Waals surface area contributed by atoms with Crippen molar-refractivity contribution in [2.75, 3.05) is 12.3 Å². The Hall–Kier alpha value is -1.85. The Morgan fingerprint density at radius 2 is 2.00 bits per heavy atom. The first-order valence-corrected chi connectivity index (χ1v) is 3.66. The fourth-order valence-corrected chi connectivity index (χ4v) is 0.803. The molecule has 1 aromatic rings. The molecule has 4 nitrogen and oxygen atoms in total. The van der Waals surface area contributed by atoms with Crippen molar-refractivity contribution < 1.29 is 18.3 Å². The Labute approximate surface area is 78.4 Å². The van der Waals surface area contributed by atoms with Crippen molar-refractivity contribution in [3.63, 3.8) is 0 Å². The molecule has 0 fully saturated rings. The molecule has 0 saturated heterocycles. The van der Waals surface area contributed by atoms with Crippen molar-refractivity contribution in [2.24, 2.45) is 5.73 Å². The highest BCUT2D eigenvalue weighted by Gasteiger charge is 2.09. The van der Waals surface area contributed by atoms with E-state index in [1.807, 2.05) is 0 Å². The van der Waals surface area contributed by atoms with Crippen LogP contribution in [0.25, 0.3) is 0 Å². The number of rotatable bonds is 3. The zero-order valence-electron chi connectivity index (χ0n) is 7.09. The zero-order chi connectivity index (χ0) is 10.7. The van der Waals surface area contributed by atoms with E-state index in [0.29, 0.717) is 0 Å². The number of benzene rings is 1. The first kappa shape index (κ1) is 10.2. The van der Waals surface area contributed by atoms with Gasteiger partial charge in [0.05, 0.1) is 5.69 Å². The van der Waals surface area contributed by atoms with Crippen molar-refractivity contribution in [1.29, 1.82) is 0 Å². The van der Waals surface area contributed by atoms with Gasteiger partial charge in [-0.15, -0.1) is 0 Å². The van der Waals surface area contributed by atoms with E-state index in [4.69, 9.17) is 11.5 Å². The molecule has 0 aliphatic rings. The van der Waals surface area contributed by atoms with Gasteiger partial charge in [0.2, 0.25) is 0 Å². The Morgan fingerprint density at radius 1 is 1.36 bits per heavy atom. The number of primary amides is 1. The third kappa shape index (κ3) is 2.32. The number of ether oxygens (including phenoxy) is 1. The molecule has 4 N–H and O–H groups in total. The van der Waals surface area contributed by atoms with Crippen molar-refractivity contribution in [3.8, 4) is 5.75 Å². The van der Waals surface area contributed by atoms with Gasteiger partial charge in [0.15, 0.2) is 18.2 Å². The summed E-state index contributed by atoms with van der Waals surface area (Å²) >= 11 is 0. The maximum absolute atomic E-state index is 13.0. The average Bonchev–Trinajstić information content (AvgIpc) is 2.09. The first-order chi connectivity index (χ1) is 6.50. The van der Waals surface area contributed by atoms with Crippen LogP contribution in [0.1, 0.15) is 0 Å². The number of halogens is 2. The van der Waals surface area contributed by atoms with E-state index < -0.39 is 29.9 Å². The van der Waals surface area contributed by atoms with Gasteiger partial charge in [-0.25, -0.2) is 8.78 Å². The lowest BCUT2D eigenvalue weighted by molar-refractivity contribution is -0.120. The second kappa shape index (κ2) is 3.91. The van der Waals surface area contributed by atoms with Crippen LogP contribution in [0.3, 0.4) is 0 Å². The van der Waals surface area contributed by atoms with Crippen LogP contribution in [-0.4, -0.2) is 12.5 Å². The van der Waals surface area contributed by atoms with E-state index in [2.05, 4.69) is 4.74 Å². The van der Waals surface area contributed by atoms with Crippen LogP contribution >= 0.6 is 0 Å². The number of nitrogens with two attached hydrogens (primary N) is 2. The lowest BCUT2D eigenvalue weighted by Gasteiger charge is -2.05. The molecule has 0 atom stereocenters. The molecule has 0 spiro atoms. The molecule has 0 unspecified atom stereocenters. The van der Waals surface area contributed by atoms with Crippen molar-refractivity contribution in [1.82, 2.24) is 0 Å². The minimum Gasteiger partial charge on any atom is -0.481 e. The van der Waals surface area contributed by atoms with Crippen LogP contribution in [0.4, 0.5) is 14.5 Å². The molecule has 0 bridgehead atoms. The largest absolute Gasteiger partial charge is 0.481 e. The molecule has 0 heterocycles. The van der Waals surface area contributed by atoms with Crippen molar-refractivity contribution in [2.45, 2.75) is 0 Å². The van der Waals surface area contributed by atoms with Gasteiger partial charge in [0.25, 0.3) is 5.91 Å². The molecule has 0 radical (unpaired) electrons. The van der Waals surface area contributed by atoms with E-state index in [0.717, 1.165) is 12.1 Å². The molecular formula is C8H8F2N2O2. The Kier molecular flexibility index (Phi) is 2.85. The summed E-state index contributed by atoms with van der Waals surface area (Å²) in [5.74, 6) is -2.83. The minimum absolute atomic E-state index is 0.325. The predicted octanol–water partition coefficient (Wildman–Crippen LogP) is 0.411. The molecule has 76 valence electrons. The highest BCUT2D eigenvalue weighted by atomic mass is 19.1. The summed E-state index contributed by atoms with van der Waals surface area (Å²) in [5, 5.41) is 0. The summed E-state index contributed by atoms with van der Waals surface area (Å²) in [6.07, 6.45) is 0. The second-order valence-electron chi connectivity index (χ2n) is 2.56. The van der Waals surface area contributed by atoms with E-state index >= 15 is 0 Å². The number of hydrogen-bond donors (Lipinski definition) is 2. The summed E-state index contributed by atoms with van der Waals surface area (Å²) in [6.45, 7) is -0.514. The third-order valence-corrected chi connectivity index (χ3v) is 1.42. The number of carbonyl (C=O) groups excluding carboxylic acids is 1.